The van der Waals surface area contributed by atoms with Crippen molar-refractivity contribution in [2.75, 3.05) is 31.3 Å². The van der Waals surface area contributed by atoms with Gasteiger partial charge in [-0.25, -0.2) is 0 Å². The van der Waals surface area contributed by atoms with E-state index in [1.165, 1.54) is 12.1 Å². The number of nitrogens with one attached hydrogen (secondary N) is 2. The van der Waals surface area contributed by atoms with E-state index in [4.69, 9.17) is 0 Å². The Morgan fingerprint density at radius 1 is 0.930 bits per heavy atom. The normalized spacial score (nSPS) is 12.7. The van der Waals surface area contributed by atoms with E-state index < -0.39 is 17.6 Å². The molecule has 0 aliphatic carbocycles. The second-order valence-corrected chi connectivity index (χ2v) is 10.5. The van der Waals surface area contributed by atoms with Crippen LogP contribution >= 0.6 is 0 Å². The molecule has 0 radical (unpaired) electrons. The molecule has 12 heteroatoms. The Bertz CT molecular complexity index is 1650. The van der Waals surface area contributed by atoms with Crippen molar-refractivity contribution in [3.8, 4) is 11.1 Å². The lowest BCUT2D eigenvalue weighted by Gasteiger charge is -2.18. The molecule has 222 valence electrons. The van der Waals surface area contributed by atoms with Gasteiger partial charge in [0.25, 0.3) is 5.91 Å². The third-order valence-electron chi connectivity index (χ3n) is 6.94. The molecular weight excluding hydrogens is 561 g/mol. The highest BCUT2D eigenvalue weighted by Crippen LogP contribution is 2.36. The van der Waals surface area contributed by atoms with Crippen LogP contribution in [0.1, 0.15) is 27.0 Å². The number of aromatic nitrogens is 2. The van der Waals surface area contributed by atoms with Crippen LogP contribution in [0.15, 0.2) is 79.1 Å². The van der Waals surface area contributed by atoms with E-state index in [9.17, 15) is 27.6 Å². The minimum atomic E-state index is -4.52. The monoisotopic (exact) mass is 590 g/mol. The molecule has 1 aliphatic heterocycles. The molecular formula is C31H29F3N6O3. The van der Waals surface area contributed by atoms with E-state index in [-0.39, 0.29) is 36.0 Å². The molecule has 3 amide bonds. The highest BCUT2D eigenvalue weighted by atomic mass is 19.4. The van der Waals surface area contributed by atoms with Crippen molar-refractivity contribution in [1.29, 1.82) is 0 Å². The first-order valence-electron chi connectivity index (χ1n) is 13.4. The SMILES string of the molecule is CN(C)CC(=O)Nc1cccc(C(=O)Nc2ccc3c(c2)CN(C(=O)Cn2cccn2)C3)c1-c1ccc(C(F)(F)F)cc1. The lowest BCUT2D eigenvalue weighted by Crippen LogP contribution is -2.29. The fourth-order valence-electron chi connectivity index (χ4n) is 4.94. The van der Waals surface area contributed by atoms with Gasteiger partial charge in [0.1, 0.15) is 6.54 Å². The fourth-order valence-corrected chi connectivity index (χ4v) is 4.94. The van der Waals surface area contributed by atoms with Crippen LogP contribution in [0.4, 0.5) is 24.5 Å². The van der Waals surface area contributed by atoms with Crippen molar-refractivity contribution < 1.29 is 27.6 Å². The summed E-state index contributed by atoms with van der Waals surface area (Å²) >= 11 is 0. The molecule has 0 fully saturated rings. The summed E-state index contributed by atoms with van der Waals surface area (Å²) in [5.74, 6) is -0.941. The number of anilines is 2. The second-order valence-electron chi connectivity index (χ2n) is 10.5. The van der Waals surface area contributed by atoms with Gasteiger partial charge in [0.05, 0.1) is 12.1 Å². The van der Waals surface area contributed by atoms with Crippen molar-refractivity contribution >= 4 is 29.1 Å². The number of hydrogen-bond donors (Lipinski definition) is 2. The lowest BCUT2D eigenvalue weighted by molar-refractivity contribution is -0.137. The smallest absolute Gasteiger partial charge is 0.332 e. The van der Waals surface area contributed by atoms with Crippen LogP contribution in [0.25, 0.3) is 11.1 Å². The molecule has 1 aliphatic rings. The van der Waals surface area contributed by atoms with Gasteiger partial charge in [0.15, 0.2) is 0 Å². The van der Waals surface area contributed by atoms with E-state index in [1.54, 1.807) is 77.4 Å². The van der Waals surface area contributed by atoms with Crippen LogP contribution in [0.5, 0.6) is 0 Å². The first-order valence-corrected chi connectivity index (χ1v) is 13.4. The van der Waals surface area contributed by atoms with Crippen LogP contribution in [-0.4, -0.2) is 57.9 Å². The zero-order valence-electron chi connectivity index (χ0n) is 23.5. The molecule has 0 atom stereocenters. The first kappa shape index (κ1) is 29.5. The minimum absolute atomic E-state index is 0.0689. The van der Waals surface area contributed by atoms with E-state index in [0.29, 0.717) is 30.0 Å². The maximum absolute atomic E-state index is 13.6. The van der Waals surface area contributed by atoms with Gasteiger partial charge in [-0.15, -0.1) is 0 Å². The van der Waals surface area contributed by atoms with Crippen LogP contribution in [0, 0.1) is 0 Å². The molecule has 5 rings (SSSR count). The molecule has 0 saturated heterocycles. The highest BCUT2D eigenvalue weighted by molar-refractivity contribution is 6.12. The summed E-state index contributed by atoms with van der Waals surface area (Å²) in [6.45, 7) is 1.01. The van der Waals surface area contributed by atoms with Crippen molar-refractivity contribution in [2.24, 2.45) is 0 Å². The summed E-state index contributed by atoms with van der Waals surface area (Å²) in [4.78, 5) is 42.3. The van der Waals surface area contributed by atoms with Crippen LogP contribution in [-0.2, 0) is 35.4 Å². The van der Waals surface area contributed by atoms with Crippen molar-refractivity contribution in [1.82, 2.24) is 19.6 Å². The van der Waals surface area contributed by atoms with Crippen molar-refractivity contribution in [3.63, 3.8) is 0 Å². The standard InChI is InChI=1S/C31H29F3N6O3/c1-38(2)18-27(41)37-26-6-3-5-25(29(26)20-7-10-23(11-8-20)31(32,33)34)30(43)36-24-12-9-21-16-39(17-22(21)15-24)28(42)19-40-14-4-13-35-40/h3-15H,16-19H2,1-2H3,(H,36,43)(H,37,41). The van der Waals surface area contributed by atoms with Gasteiger partial charge in [-0.2, -0.15) is 18.3 Å². The Morgan fingerprint density at radius 3 is 2.35 bits per heavy atom. The predicted molar refractivity (Wildman–Crippen MR) is 155 cm³/mol. The number of likely N-dealkylation sites (N-methyl/N-ethyl adjacent to an activating group) is 1. The number of benzene rings is 3. The zero-order valence-corrected chi connectivity index (χ0v) is 23.5. The van der Waals surface area contributed by atoms with Gasteiger partial charge in [-0.1, -0.05) is 24.3 Å². The average molecular weight is 591 g/mol. The number of halogens is 3. The quantitative estimate of drug-likeness (QED) is 0.305. The van der Waals surface area contributed by atoms with Gasteiger partial charge in [-0.3, -0.25) is 19.1 Å². The Hall–Kier alpha value is -4.97. The second kappa shape index (κ2) is 12.1. The Kier molecular flexibility index (Phi) is 8.31. The summed E-state index contributed by atoms with van der Waals surface area (Å²) in [6, 6.07) is 16.3. The summed E-state index contributed by atoms with van der Waals surface area (Å²) in [5, 5.41) is 9.73. The van der Waals surface area contributed by atoms with Crippen LogP contribution < -0.4 is 10.6 Å². The molecule has 4 aromatic rings. The minimum Gasteiger partial charge on any atom is -0.332 e. The van der Waals surface area contributed by atoms with Crippen LogP contribution in [0.2, 0.25) is 0 Å². The van der Waals surface area contributed by atoms with Gasteiger partial charge in [0, 0.05) is 48.0 Å². The summed E-state index contributed by atoms with van der Waals surface area (Å²) in [6.07, 6.45) is -1.20. The number of carbonyl (C=O) groups excluding carboxylic acids is 3. The maximum atomic E-state index is 13.6. The Balaban J connectivity index is 1.40. The van der Waals surface area contributed by atoms with E-state index >= 15 is 0 Å². The molecule has 3 aromatic carbocycles. The van der Waals surface area contributed by atoms with E-state index in [0.717, 1.165) is 23.3 Å². The summed E-state index contributed by atoms with van der Waals surface area (Å²) in [7, 11) is 3.46. The number of hydrogen-bond acceptors (Lipinski definition) is 5. The average Bonchev–Trinajstić information content (AvgIpc) is 3.62. The van der Waals surface area contributed by atoms with E-state index in [2.05, 4.69) is 15.7 Å². The number of amides is 3. The largest absolute Gasteiger partial charge is 0.416 e. The van der Waals surface area contributed by atoms with Gasteiger partial charge < -0.3 is 20.4 Å². The number of rotatable bonds is 8. The third kappa shape index (κ3) is 6.92. The predicted octanol–water partition coefficient (Wildman–Crippen LogP) is 4.86. The van der Waals surface area contributed by atoms with Gasteiger partial charge >= 0.3 is 6.18 Å². The fraction of sp³-hybridized carbons (Fsp3) is 0.226. The molecule has 2 N–H and O–H groups in total. The molecule has 2 heterocycles. The molecule has 0 spiro atoms. The topological polar surface area (TPSA) is 99.6 Å². The number of fused-ring (bicyclic) bond motifs is 1. The van der Waals surface area contributed by atoms with Crippen molar-refractivity contribution in [3.05, 3.63) is 101 Å². The van der Waals surface area contributed by atoms with Crippen LogP contribution in [0.3, 0.4) is 0 Å². The number of carbonyl (C=O) groups is 3. The first-order chi connectivity index (χ1) is 20.5. The highest BCUT2D eigenvalue weighted by Gasteiger charge is 2.30. The summed E-state index contributed by atoms with van der Waals surface area (Å²) < 4.78 is 41.3. The molecule has 0 unspecified atom stereocenters. The zero-order chi connectivity index (χ0) is 30.7. The van der Waals surface area contributed by atoms with Gasteiger partial charge in [-0.05, 0) is 73.3 Å². The molecule has 9 nitrogen and oxygen atoms in total. The lowest BCUT2D eigenvalue weighted by atomic mass is 9.95. The number of nitrogens with zero attached hydrogens (tertiary/aromatic N) is 4. The molecule has 0 bridgehead atoms. The molecule has 1 aromatic heterocycles. The molecule has 43 heavy (non-hydrogen) atoms. The molecule has 0 saturated carbocycles. The third-order valence-corrected chi connectivity index (χ3v) is 6.94. The summed E-state index contributed by atoms with van der Waals surface area (Å²) in [5.41, 5.74) is 2.59. The number of alkyl halides is 3. The maximum Gasteiger partial charge on any atom is 0.416 e. The van der Waals surface area contributed by atoms with Gasteiger partial charge in [0.2, 0.25) is 11.8 Å². The Morgan fingerprint density at radius 2 is 1.67 bits per heavy atom. The van der Waals surface area contributed by atoms with Crippen molar-refractivity contribution in [2.45, 2.75) is 25.8 Å². The Labute approximate surface area is 245 Å². The van der Waals surface area contributed by atoms with E-state index in [1.807, 2.05) is 6.07 Å².